The number of hydrogen-bond acceptors (Lipinski definition) is 3. The van der Waals surface area contributed by atoms with Gasteiger partial charge in [0.2, 0.25) is 0 Å². The van der Waals surface area contributed by atoms with Crippen LogP contribution >= 0.6 is 27.3 Å². The number of hydrogen-bond donors (Lipinski definition) is 1. The number of nitrogens with two attached hydrogens (primary N) is 1. The summed E-state index contributed by atoms with van der Waals surface area (Å²) in [5, 5.41) is 2.13. The zero-order valence-corrected chi connectivity index (χ0v) is 11.7. The largest absolute Gasteiger partial charge is 0.399 e. The number of rotatable bonds is 2. The van der Waals surface area contributed by atoms with E-state index in [9.17, 15) is 0 Å². The van der Waals surface area contributed by atoms with Crippen LogP contribution in [0, 0.1) is 0 Å². The number of nitrogen functional groups attached to an aromatic ring is 1. The first-order chi connectivity index (χ1) is 8.22. The highest BCUT2D eigenvalue weighted by molar-refractivity contribution is 9.10. The van der Waals surface area contributed by atoms with Crippen molar-refractivity contribution in [1.82, 2.24) is 0 Å². The maximum absolute atomic E-state index is 5.86. The minimum absolute atomic E-state index is 0.850. The lowest BCUT2D eigenvalue weighted by molar-refractivity contribution is 0.846. The average Bonchev–Trinajstić information content (AvgIpc) is 2.87. The molecule has 1 aliphatic rings. The summed E-state index contributed by atoms with van der Waals surface area (Å²) in [7, 11) is 0. The molecule has 0 aliphatic carbocycles. The summed E-state index contributed by atoms with van der Waals surface area (Å²) >= 11 is 5.29. The lowest BCUT2D eigenvalue weighted by Gasteiger charge is -2.18. The van der Waals surface area contributed by atoms with Gasteiger partial charge in [0, 0.05) is 32.6 Å². The molecule has 2 aromatic rings. The molecule has 17 heavy (non-hydrogen) atoms. The molecule has 3 rings (SSSR count). The molecule has 0 radical (unpaired) electrons. The van der Waals surface area contributed by atoms with E-state index in [0.717, 1.165) is 25.2 Å². The van der Waals surface area contributed by atoms with Gasteiger partial charge in [0.15, 0.2) is 0 Å². The van der Waals surface area contributed by atoms with E-state index in [0.29, 0.717) is 0 Å². The zero-order chi connectivity index (χ0) is 11.8. The molecule has 1 aromatic carbocycles. The quantitative estimate of drug-likeness (QED) is 0.858. The van der Waals surface area contributed by atoms with Crippen LogP contribution in [-0.4, -0.2) is 6.54 Å². The Labute approximate surface area is 113 Å². The van der Waals surface area contributed by atoms with Crippen molar-refractivity contribution in [2.75, 3.05) is 17.2 Å². The first-order valence-corrected chi connectivity index (χ1v) is 7.26. The summed E-state index contributed by atoms with van der Waals surface area (Å²) in [6, 6.07) is 8.42. The maximum Gasteiger partial charge on any atom is 0.0523 e. The molecule has 0 saturated carbocycles. The second-order valence-corrected chi connectivity index (χ2v) is 6.20. The highest BCUT2D eigenvalue weighted by atomic mass is 79.9. The van der Waals surface area contributed by atoms with Gasteiger partial charge >= 0.3 is 0 Å². The number of nitrogens with zero attached hydrogens (tertiary/aromatic N) is 1. The van der Waals surface area contributed by atoms with Crippen molar-refractivity contribution in [2.24, 2.45) is 0 Å². The summed E-state index contributed by atoms with van der Waals surface area (Å²) in [5.74, 6) is 0. The van der Waals surface area contributed by atoms with E-state index in [1.54, 1.807) is 11.3 Å². The number of thiophene rings is 1. The summed E-state index contributed by atoms with van der Waals surface area (Å²) in [5.41, 5.74) is 9.42. The maximum atomic E-state index is 5.86. The van der Waals surface area contributed by atoms with Crippen LogP contribution in [0.15, 0.2) is 34.1 Å². The molecular formula is C13H13BrN2S. The monoisotopic (exact) mass is 308 g/mol. The fourth-order valence-electron chi connectivity index (χ4n) is 2.25. The van der Waals surface area contributed by atoms with Gasteiger partial charge in [0.05, 0.1) is 6.54 Å². The molecule has 0 fully saturated rings. The zero-order valence-electron chi connectivity index (χ0n) is 9.32. The fourth-order valence-corrected chi connectivity index (χ4v) is 3.72. The molecule has 0 saturated heterocycles. The lowest BCUT2D eigenvalue weighted by Crippen LogP contribution is -2.18. The van der Waals surface area contributed by atoms with Crippen LogP contribution in [0.4, 0.5) is 11.4 Å². The molecular weight excluding hydrogens is 296 g/mol. The number of benzene rings is 1. The van der Waals surface area contributed by atoms with Crippen LogP contribution in [0.2, 0.25) is 0 Å². The molecule has 0 atom stereocenters. The van der Waals surface area contributed by atoms with Crippen LogP contribution in [-0.2, 0) is 13.0 Å². The van der Waals surface area contributed by atoms with E-state index in [1.165, 1.54) is 20.6 Å². The van der Waals surface area contributed by atoms with Crippen LogP contribution in [0.3, 0.4) is 0 Å². The molecule has 1 aliphatic heterocycles. The van der Waals surface area contributed by atoms with Gasteiger partial charge in [-0.1, -0.05) is 6.07 Å². The van der Waals surface area contributed by atoms with Crippen molar-refractivity contribution in [2.45, 2.75) is 13.0 Å². The third kappa shape index (κ3) is 2.19. The van der Waals surface area contributed by atoms with Crippen molar-refractivity contribution in [3.63, 3.8) is 0 Å². The summed E-state index contributed by atoms with van der Waals surface area (Å²) in [6.45, 7) is 2.07. The van der Waals surface area contributed by atoms with Gasteiger partial charge in [-0.05, 0) is 46.1 Å². The molecule has 0 bridgehead atoms. The minimum atomic E-state index is 0.850. The summed E-state index contributed by atoms with van der Waals surface area (Å²) < 4.78 is 1.17. The highest BCUT2D eigenvalue weighted by Gasteiger charge is 2.19. The second-order valence-electron chi connectivity index (χ2n) is 4.29. The Morgan fingerprint density at radius 1 is 1.35 bits per heavy atom. The van der Waals surface area contributed by atoms with Gasteiger partial charge < -0.3 is 10.6 Å². The van der Waals surface area contributed by atoms with E-state index in [2.05, 4.69) is 44.4 Å². The Morgan fingerprint density at radius 2 is 2.24 bits per heavy atom. The molecule has 0 unspecified atom stereocenters. The smallest absolute Gasteiger partial charge is 0.0523 e. The molecule has 0 amide bonds. The molecule has 2 heterocycles. The molecule has 2 N–H and O–H groups in total. The molecule has 4 heteroatoms. The Morgan fingerprint density at radius 3 is 3.00 bits per heavy atom. The van der Waals surface area contributed by atoms with Gasteiger partial charge in [0.1, 0.15) is 0 Å². The predicted octanol–water partition coefficient (Wildman–Crippen LogP) is 3.66. The van der Waals surface area contributed by atoms with E-state index < -0.39 is 0 Å². The van der Waals surface area contributed by atoms with Gasteiger partial charge in [-0.3, -0.25) is 0 Å². The molecule has 0 spiro atoms. The molecule has 2 nitrogen and oxygen atoms in total. The van der Waals surface area contributed by atoms with Crippen molar-refractivity contribution in [3.8, 4) is 0 Å². The third-order valence-electron chi connectivity index (χ3n) is 3.07. The van der Waals surface area contributed by atoms with E-state index in [4.69, 9.17) is 5.73 Å². The van der Waals surface area contributed by atoms with Crippen molar-refractivity contribution < 1.29 is 0 Å². The Hall–Kier alpha value is -1.000. The van der Waals surface area contributed by atoms with Crippen LogP contribution in [0.25, 0.3) is 0 Å². The van der Waals surface area contributed by atoms with Crippen LogP contribution in [0.1, 0.15) is 10.4 Å². The SMILES string of the molecule is Nc1ccc2c(c1)N(Cc1cc(Br)cs1)CC2. The van der Waals surface area contributed by atoms with Crippen LogP contribution < -0.4 is 10.6 Å². The first-order valence-electron chi connectivity index (χ1n) is 5.58. The average molecular weight is 309 g/mol. The lowest BCUT2D eigenvalue weighted by atomic mass is 10.1. The minimum Gasteiger partial charge on any atom is -0.399 e. The summed E-state index contributed by atoms with van der Waals surface area (Å²) in [4.78, 5) is 3.79. The van der Waals surface area contributed by atoms with E-state index in [-0.39, 0.29) is 0 Å². The number of fused-ring (bicyclic) bond motifs is 1. The topological polar surface area (TPSA) is 29.3 Å². The standard InChI is InChI=1S/C13H13BrN2S/c14-10-5-12(17-8-10)7-16-4-3-9-1-2-11(15)6-13(9)16/h1-2,5-6,8H,3-4,7,15H2. The first kappa shape index (κ1) is 11.1. The normalized spacial score (nSPS) is 14.1. The van der Waals surface area contributed by atoms with Gasteiger partial charge in [-0.15, -0.1) is 11.3 Å². The Balaban J connectivity index is 1.86. The second kappa shape index (κ2) is 4.35. The predicted molar refractivity (Wildman–Crippen MR) is 77.6 cm³/mol. The van der Waals surface area contributed by atoms with E-state index in [1.807, 2.05) is 6.07 Å². The number of halogens is 1. The highest BCUT2D eigenvalue weighted by Crippen LogP contribution is 2.32. The fraction of sp³-hybridized carbons (Fsp3) is 0.231. The summed E-state index contributed by atoms with van der Waals surface area (Å²) in [6.07, 6.45) is 1.13. The Bertz CT molecular complexity index is 550. The third-order valence-corrected chi connectivity index (χ3v) is 4.75. The van der Waals surface area contributed by atoms with Gasteiger partial charge in [-0.25, -0.2) is 0 Å². The van der Waals surface area contributed by atoms with E-state index >= 15 is 0 Å². The molecule has 88 valence electrons. The van der Waals surface area contributed by atoms with Gasteiger partial charge in [-0.2, -0.15) is 0 Å². The number of anilines is 2. The van der Waals surface area contributed by atoms with Crippen molar-refractivity contribution in [1.29, 1.82) is 0 Å². The van der Waals surface area contributed by atoms with Crippen molar-refractivity contribution >= 4 is 38.6 Å². The van der Waals surface area contributed by atoms with Crippen molar-refractivity contribution in [3.05, 3.63) is 44.6 Å². The van der Waals surface area contributed by atoms with Crippen LogP contribution in [0.5, 0.6) is 0 Å². The molecule has 1 aromatic heterocycles. The Kier molecular flexibility index (Phi) is 2.84. The van der Waals surface area contributed by atoms with Gasteiger partial charge in [0.25, 0.3) is 0 Å².